The van der Waals surface area contributed by atoms with Crippen LogP contribution in [-0.4, -0.2) is 25.8 Å². The van der Waals surface area contributed by atoms with Crippen LogP contribution in [0.15, 0.2) is 77.7 Å². The van der Waals surface area contributed by atoms with Crippen molar-refractivity contribution in [1.82, 2.24) is 4.90 Å². The molecule has 0 fully saturated rings. The van der Waals surface area contributed by atoms with Gasteiger partial charge in [0.05, 0.1) is 0 Å². The molecule has 3 aromatic rings. The Hall–Kier alpha value is -2.96. The van der Waals surface area contributed by atoms with E-state index in [0.717, 1.165) is 27.8 Å². The van der Waals surface area contributed by atoms with Crippen molar-refractivity contribution in [2.45, 2.75) is 77.3 Å². The van der Waals surface area contributed by atoms with Crippen molar-refractivity contribution in [2.75, 3.05) is 6.61 Å². The van der Waals surface area contributed by atoms with E-state index in [4.69, 9.17) is 4.18 Å². The molecule has 0 spiro atoms. The second-order valence-corrected chi connectivity index (χ2v) is 12.0. The Labute approximate surface area is 222 Å². The highest BCUT2D eigenvalue weighted by atomic mass is 32.2. The quantitative estimate of drug-likeness (QED) is 0.255. The van der Waals surface area contributed by atoms with E-state index in [1.807, 2.05) is 100 Å². The topological polar surface area (TPSA) is 63.7 Å². The Kier molecular flexibility index (Phi) is 9.68. The Balaban J connectivity index is 1.90. The van der Waals surface area contributed by atoms with Gasteiger partial charge in [0.1, 0.15) is 11.5 Å². The molecule has 0 aliphatic carbocycles. The highest BCUT2D eigenvalue weighted by molar-refractivity contribution is 7.86. The van der Waals surface area contributed by atoms with Crippen LogP contribution in [0.3, 0.4) is 0 Å². The molecule has 0 heterocycles. The molecule has 0 atom stereocenters. The second kappa shape index (κ2) is 12.5. The van der Waals surface area contributed by atoms with Gasteiger partial charge in [0, 0.05) is 13.1 Å². The lowest BCUT2D eigenvalue weighted by atomic mass is 9.89. The van der Waals surface area contributed by atoms with Gasteiger partial charge in [-0.2, -0.15) is 8.42 Å². The van der Waals surface area contributed by atoms with Gasteiger partial charge in [-0.05, 0) is 45.6 Å². The molecule has 0 aliphatic rings. The van der Waals surface area contributed by atoms with Crippen molar-refractivity contribution in [3.8, 4) is 0 Å². The first kappa shape index (κ1) is 28.6. The molecular weight excluding hydrogens is 482 g/mol. The molecule has 0 bridgehead atoms. The zero-order chi connectivity index (χ0) is 27.2. The molecule has 198 valence electrons. The van der Waals surface area contributed by atoms with Crippen LogP contribution in [0.1, 0.15) is 87.1 Å². The Bertz CT molecular complexity index is 1210. The Morgan fingerprint density at radius 2 is 1.16 bits per heavy atom. The Morgan fingerprint density at radius 1 is 0.730 bits per heavy atom. The highest BCUT2D eigenvalue weighted by Crippen LogP contribution is 2.36. The monoisotopic (exact) mass is 521 g/mol. The summed E-state index contributed by atoms with van der Waals surface area (Å²) in [6, 6.07) is 23.3. The van der Waals surface area contributed by atoms with Gasteiger partial charge in [-0.1, -0.05) is 114 Å². The van der Waals surface area contributed by atoms with Crippen LogP contribution in [0.25, 0.3) is 0 Å². The number of carbonyl (C=O) groups excluding carboxylic acids is 1. The minimum absolute atomic E-state index is 0.0204. The van der Waals surface area contributed by atoms with Crippen LogP contribution in [0.2, 0.25) is 0 Å². The van der Waals surface area contributed by atoms with E-state index in [-0.39, 0.29) is 28.6 Å². The summed E-state index contributed by atoms with van der Waals surface area (Å²) in [6.45, 7) is 12.3. The first-order chi connectivity index (χ1) is 17.5. The number of rotatable bonds is 11. The fourth-order valence-corrected chi connectivity index (χ4v) is 5.84. The summed E-state index contributed by atoms with van der Waals surface area (Å²) in [7, 11) is -4.18. The summed E-state index contributed by atoms with van der Waals surface area (Å²) in [6.07, 6.45) is 0. The van der Waals surface area contributed by atoms with Crippen molar-refractivity contribution in [1.29, 1.82) is 0 Å². The maximum absolute atomic E-state index is 13.6. The third-order valence-electron chi connectivity index (χ3n) is 6.45. The number of benzene rings is 3. The zero-order valence-electron chi connectivity index (χ0n) is 22.8. The lowest BCUT2D eigenvalue weighted by molar-refractivity contribution is -0.134. The van der Waals surface area contributed by atoms with Crippen molar-refractivity contribution < 1.29 is 17.4 Å². The Morgan fingerprint density at radius 3 is 1.54 bits per heavy atom. The normalized spacial score (nSPS) is 11.9. The summed E-state index contributed by atoms with van der Waals surface area (Å²) >= 11 is 0. The van der Waals surface area contributed by atoms with E-state index < -0.39 is 16.7 Å². The van der Waals surface area contributed by atoms with Gasteiger partial charge < -0.3 is 4.90 Å². The van der Waals surface area contributed by atoms with Crippen LogP contribution in [0, 0.1) is 0 Å². The van der Waals surface area contributed by atoms with Crippen molar-refractivity contribution in [3.05, 3.63) is 101 Å². The largest absolute Gasteiger partial charge is 0.332 e. The number of amides is 1. The summed E-state index contributed by atoms with van der Waals surface area (Å²) in [5.41, 5.74) is 4.48. The molecule has 3 aromatic carbocycles. The summed E-state index contributed by atoms with van der Waals surface area (Å²) in [5, 5.41) is 0. The molecule has 5 nitrogen and oxygen atoms in total. The smallest absolute Gasteiger partial charge is 0.298 e. The van der Waals surface area contributed by atoms with Crippen LogP contribution >= 0.6 is 0 Å². The van der Waals surface area contributed by atoms with E-state index in [0.29, 0.717) is 13.1 Å². The molecular formula is C31H39NO4S. The maximum atomic E-state index is 13.6. The number of carbonyl (C=O) groups is 1. The van der Waals surface area contributed by atoms with Gasteiger partial charge in [-0.3, -0.25) is 8.98 Å². The van der Waals surface area contributed by atoms with Crippen LogP contribution < -0.4 is 0 Å². The third kappa shape index (κ3) is 7.53. The molecule has 0 unspecified atom stereocenters. The van der Waals surface area contributed by atoms with E-state index in [9.17, 15) is 13.2 Å². The summed E-state index contributed by atoms with van der Waals surface area (Å²) in [5.74, 6) is -0.160. The third-order valence-corrected chi connectivity index (χ3v) is 7.85. The van der Waals surface area contributed by atoms with Crippen molar-refractivity contribution >= 4 is 16.0 Å². The summed E-state index contributed by atoms with van der Waals surface area (Å²) in [4.78, 5) is 15.2. The first-order valence-corrected chi connectivity index (χ1v) is 14.3. The highest BCUT2D eigenvalue weighted by Gasteiger charge is 2.29. The zero-order valence-corrected chi connectivity index (χ0v) is 23.6. The fraction of sp³-hybridized carbons (Fsp3) is 0.387. The average Bonchev–Trinajstić information content (AvgIpc) is 2.87. The fourth-order valence-electron chi connectivity index (χ4n) is 4.30. The van der Waals surface area contributed by atoms with Crippen molar-refractivity contribution in [2.24, 2.45) is 0 Å². The van der Waals surface area contributed by atoms with E-state index in [1.54, 1.807) is 4.90 Å². The predicted octanol–water partition coefficient (Wildman–Crippen LogP) is 6.99. The van der Waals surface area contributed by atoms with Gasteiger partial charge in [0.2, 0.25) is 0 Å². The SMILES string of the molecule is CC(C)c1cc(C(C)C)c(S(=O)(=O)OCC(=O)N(Cc2ccccc2)Cc2ccccc2)c(C(C)C)c1. The van der Waals surface area contributed by atoms with E-state index in [1.165, 1.54) is 0 Å². The summed E-state index contributed by atoms with van der Waals surface area (Å²) < 4.78 is 32.7. The van der Waals surface area contributed by atoms with Crippen LogP contribution in [0.4, 0.5) is 0 Å². The van der Waals surface area contributed by atoms with Gasteiger partial charge in [0.25, 0.3) is 16.0 Å². The lowest BCUT2D eigenvalue weighted by Crippen LogP contribution is -2.34. The second-order valence-electron chi connectivity index (χ2n) is 10.4. The van der Waals surface area contributed by atoms with Gasteiger partial charge in [-0.15, -0.1) is 0 Å². The molecule has 0 aliphatic heterocycles. The predicted molar refractivity (Wildman–Crippen MR) is 149 cm³/mol. The maximum Gasteiger partial charge on any atom is 0.298 e. The standard InChI is InChI=1S/C31H39NO4S/c1-22(2)27-17-28(23(3)4)31(29(18-27)24(5)6)37(34,35)36-21-30(33)32(19-25-13-9-7-10-14-25)20-26-15-11-8-12-16-26/h7-18,22-24H,19-21H2,1-6H3. The van der Waals surface area contributed by atoms with E-state index >= 15 is 0 Å². The lowest BCUT2D eigenvalue weighted by Gasteiger charge is -2.24. The van der Waals surface area contributed by atoms with Crippen LogP contribution in [-0.2, 0) is 32.2 Å². The number of hydrogen-bond acceptors (Lipinski definition) is 4. The molecule has 0 saturated carbocycles. The molecule has 0 radical (unpaired) electrons. The molecule has 37 heavy (non-hydrogen) atoms. The molecule has 0 saturated heterocycles. The molecule has 1 amide bonds. The molecule has 6 heteroatoms. The molecule has 0 N–H and O–H groups in total. The number of nitrogens with zero attached hydrogens (tertiary/aromatic N) is 1. The first-order valence-electron chi connectivity index (χ1n) is 12.9. The van der Waals surface area contributed by atoms with Gasteiger partial charge >= 0.3 is 0 Å². The molecule has 3 rings (SSSR count). The average molecular weight is 522 g/mol. The van der Waals surface area contributed by atoms with E-state index in [2.05, 4.69) is 13.8 Å². The minimum Gasteiger partial charge on any atom is -0.332 e. The minimum atomic E-state index is -4.18. The van der Waals surface area contributed by atoms with Crippen LogP contribution in [0.5, 0.6) is 0 Å². The van der Waals surface area contributed by atoms with Gasteiger partial charge in [0.15, 0.2) is 0 Å². The number of hydrogen-bond donors (Lipinski definition) is 0. The van der Waals surface area contributed by atoms with Crippen molar-refractivity contribution in [3.63, 3.8) is 0 Å². The van der Waals surface area contributed by atoms with Gasteiger partial charge in [-0.25, -0.2) is 0 Å². The molecule has 0 aromatic heterocycles.